The standard InChI is InChI=1S/C14H14ClNO2/c1-8-4-9(7-18-8)14(17)12-6-16-13-3-2-10(15)5-11(12)13/h2-3,5-6,8-9,16H,4,7H2,1H3. The number of H-pyrrole nitrogens is 1. The average molecular weight is 264 g/mol. The largest absolute Gasteiger partial charge is 0.378 e. The van der Waals surface area contributed by atoms with Gasteiger partial charge in [-0.3, -0.25) is 4.79 Å². The zero-order valence-electron chi connectivity index (χ0n) is 10.1. The number of nitrogens with one attached hydrogen (secondary N) is 1. The van der Waals surface area contributed by atoms with Crippen molar-refractivity contribution in [3.8, 4) is 0 Å². The fourth-order valence-electron chi connectivity index (χ4n) is 2.52. The summed E-state index contributed by atoms with van der Waals surface area (Å²) in [5.41, 5.74) is 1.66. The number of hydrogen-bond acceptors (Lipinski definition) is 2. The minimum Gasteiger partial charge on any atom is -0.378 e. The van der Waals surface area contributed by atoms with Crippen molar-refractivity contribution < 1.29 is 9.53 Å². The molecule has 0 spiro atoms. The molecule has 0 radical (unpaired) electrons. The monoisotopic (exact) mass is 263 g/mol. The number of halogens is 1. The van der Waals surface area contributed by atoms with Crippen LogP contribution in [0.4, 0.5) is 0 Å². The Morgan fingerprint density at radius 1 is 1.50 bits per heavy atom. The molecule has 1 N–H and O–H groups in total. The second kappa shape index (κ2) is 4.41. The van der Waals surface area contributed by atoms with Gasteiger partial charge < -0.3 is 9.72 Å². The van der Waals surface area contributed by atoms with E-state index in [4.69, 9.17) is 16.3 Å². The molecule has 18 heavy (non-hydrogen) atoms. The maximum Gasteiger partial charge on any atom is 0.170 e. The van der Waals surface area contributed by atoms with Gasteiger partial charge in [0.1, 0.15) is 0 Å². The molecule has 1 aromatic heterocycles. The minimum absolute atomic E-state index is 0.0296. The first kappa shape index (κ1) is 11.8. The Morgan fingerprint density at radius 2 is 2.33 bits per heavy atom. The van der Waals surface area contributed by atoms with Crippen molar-refractivity contribution in [2.24, 2.45) is 5.92 Å². The van der Waals surface area contributed by atoms with E-state index in [1.807, 2.05) is 25.1 Å². The predicted molar refractivity (Wildman–Crippen MR) is 71.2 cm³/mol. The van der Waals surface area contributed by atoms with E-state index >= 15 is 0 Å². The van der Waals surface area contributed by atoms with Crippen LogP contribution < -0.4 is 0 Å². The van der Waals surface area contributed by atoms with Gasteiger partial charge in [-0.2, -0.15) is 0 Å². The number of fused-ring (bicyclic) bond motifs is 1. The second-order valence-electron chi connectivity index (χ2n) is 4.83. The smallest absolute Gasteiger partial charge is 0.170 e. The van der Waals surface area contributed by atoms with Crippen molar-refractivity contribution in [2.45, 2.75) is 19.4 Å². The van der Waals surface area contributed by atoms with Gasteiger partial charge in [0, 0.05) is 33.6 Å². The number of rotatable bonds is 2. The Labute approximate surface area is 110 Å². The number of Topliss-reactive ketones (excluding diaryl/α,β-unsaturated/α-hetero) is 1. The number of hydrogen-bond donors (Lipinski definition) is 1. The Morgan fingerprint density at radius 3 is 3.06 bits per heavy atom. The number of aromatic amines is 1. The van der Waals surface area contributed by atoms with E-state index < -0.39 is 0 Å². The van der Waals surface area contributed by atoms with E-state index in [1.54, 1.807) is 6.20 Å². The fraction of sp³-hybridized carbons (Fsp3) is 0.357. The van der Waals surface area contributed by atoms with E-state index in [2.05, 4.69) is 4.98 Å². The summed E-state index contributed by atoms with van der Waals surface area (Å²) in [6.45, 7) is 2.52. The summed E-state index contributed by atoms with van der Waals surface area (Å²) in [7, 11) is 0. The Bertz CT molecular complexity index is 605. The lowest BCUT2D eigenvalue weighted by Gasteiger charge is -2.05. The van der Waals surface area contributed by atoms with Gasteiger partial charge in [0.25, 0.3) is 0 Å². The van der Waals surface area contributed by atoms with Gasteiger partial charge in [0.2, 0.25) is 0 Å². The molecule has 0 aliphatic carbocycles. The van der Waals surface area contributed by atoms with Crippen molar-refractivity contribution in [1.82, 2.24) is 4.98 Å². The number of carbonyl (C=O) groups excluding carboxylic acids is 1. The van der Waals surface area contributed by atoms with E-state index in [-0.39, 0.29) is 17.8 Å². The van der Waals surface area contributed by atoms with Crippen molar-refractivity contribution >= 4 is 28.3 Å². The van der Waals surface area contributed by atoms with Gasteiger partial charge >= 0.3 is 0 Å². The molecule has 4 heteroatoms. The zero-order valence-corrected chi connectivity index (χ0v) is 10.8. The molecule has 1 fully saturated rings. The van der Waals surface area contributed by atoms with Crippen molar-refractivity contribution in [3.05, 3.63) is 35.0 Å². The Balaban J connectivity index is 1.99. The summed E-state index contributed by atoms with van der Waals surface area (Å²) >= 11 is 5.99. The number of ether oxygens (including phenoxy) is 1. The molecule has 0 saturated carbocycles. The Hall–Kier alpha value is -1.32. The van der Waals surface area contributed by atoms with E-state index in [0.29, 0.717) is 11.6 Å². The summed E-state index contributed by atoms with van der Waals surface area (Å²) in [5.74, 6) is 0.117. The van der Waals surface area contributed by atoms with E-state index in [1.165, 1.54) is 0 Å². The third-order valence-corrected chi connectivity index (χ3v) is 3.71. The minimum atomic E-state index is -0.0296. The normalized spacial score (nSPS) is 23.7. The zero-order chi connectivity index (χ0) is 12.7. The number of aromatic nitrogens is 1. The highest BCUT2D eigenvalue weighted by atomic mass is 35.5. The molecule has 2 atom stereocenters. The van der Waals surface area contributed by atoms with Crippen LogP contribution in [0, 0.1) is 5.92 Å². The summed E-state index contributed by atoms with van der Waals surface area (Å²) < 4.78 is 5.46. The maximum absolute atomic E-state index is 12.4. The van der Waals surface area contributed by atoms with Crippen LogP contribution in [0.1, 0.15) is 23.7 Å². The molecule has 2 heterocycles. The van der Waals surface area contributed by atoms with Crippen LogP contribution in [-0.2, 0) is 4.74 Å². The highest BCUT2D eigenvalue weighted by molar-refractivity contribution is 6.31. The van der Waals surface area contributed by atoms with E-state index in [9.17, 15) is 4.79 Å². The maximum atomic E-state index is 12.4. The molecule has 0 amide bonds. The topological polar surface area (TPSA) is 42.1 Å². The number of ketones is 1. The second-order valence-corrected chi connectivity index (χ2v) is 5.27. The van der Waals surface area contributed by atoms with E-state index in [0.717, 1.165) is 22.9 Å². The molecule has 1 aliphatic rings. The molecule has 0 bridgehead atoms. The predicted octanol–water partition coefficient (Wildman–Crippen LogP) is 3.43. The molecular formula is C14H14ClNO2. The van der Waals surface area contributed by atoms with Gasteiger partial charge in [0.05, 0.1) is 12.7 Å². The first-order valence-corrected chi connectivity index (χ1v) is 6.45. The van der Waals surface area contributed by atoms with Gasteiger partial charge in [-0.1, -0.05) is 11.6 Å². The van der Waals surface area contributed by atoms with Crippen LogP contribution in [-0.4, -0.2) is 23.5 Å². The molecular weight excluding hydrogens is 250 g/mol. The molecule has 3 rings (SSSR count). The van der Waals surface area contributed by atoms with Crippen molar-refractivity contribution in [1.29, 1.82) is 0 Å². The highest BCUT2D eigenvalue weighted by Gasteiger charge is 2.30. The van der Waals surface area contributed by atoms with Crippen LogP contribution in [0.5, 0.6) is 0 Å². The van der Waals surface area contributed by atoms with Crippen LogP contribution in [0.25, 0.3) is 10.9 Å². The first-order valence-electron chi connectivity index (χ1n) is 6.07. The van der Waals surface area contributed by atoms with Gasteiger partial charge in [-0.05, 0) is 31.5 Å². The quantitative estimate of drug-likeness (QED) is 0.844. The van der Waals surface area contributed by atoms with Gasteiger partial charge in [-0.25, -0.2) is 0 Å². The number of carbonyl (C=O) groups is 1. The van der Waals surface area contributed by atoms with Crippen LogP contribution in [0.3, 0.4) is 0 Å². The summed E-state index contributed by atoms with van der Waals surface area (Å²) in [5, 5.41) is 1.54. The van der Waals surface area contributed by atoms with Crippen LogP contribution >= 0.6 is 11.6 Å². The molecule has 1 aliphatic heterocycles. The van der Waals surface area contributed by atoms with Gasteiger partial charge in [0.15, 0.2) is 5.78 Å². The third-order valence-electron chi connectivity index (χ3n) is 3.48. The average Bonchev–Trinajstić information content (AvgIpc) is 2.94. The lowest BCUT2D eigenvalue weighted by Crippen LogP contribution is -2.14. The lowest BCUT2D eigenvalue weighted by atomic mass is 9.95. The molecule has 3 nitrogen and oxygen atoms in total. The van der Waals surface area contributed by atoms with Crippen molar-refractivity contribution in [2.75, 3.05) is 6.61 Å². The number of benzene rings is 1. The van der Waals surface area contributed by atoms with Gasteiger partial charge in [-0.15, -0.1) is 0 Å². The summed E-state index contributed by atoms with van der Waals surface area (Å²) in [6.07, 6.45) is 2.74. The SMILES string of the molecule is CC1CC(C(=O)c2c[nH]c3ccc(Cl)cc23)CO1. The summed E-state index contributed by atoms with van der Waals surface area (Å²) in [6, 6.07) is 5.54. The molecule has 2 unspecified atom stereocenters. The molecule has 1 aromatic carbocycles. The molecule has 2 aromatic rings. The molecule has 94 valence electrons. The van der Waals surface area contributed by atoms with Crippen LogP contribution in [0.15, 0.2) is 24.4 Å². The molecule has 1 saturated heterocycles. The summed E-state index contributed by atoms with van der Waals surface area (Å²) in [4.78, 5) is 15.5. The first-order chi connectivity index (χ1) is 8.65. The highest BCUT2D eigenvalue weighted by Crippen LogP contribution is 2.28. The third kappa shape index (κ3) is 1.93. The fourth-order valence-corrected chi connectivity index (χ4v) is 2.69. The van der Waals surface area contributed by atoms with Crippen molar-refractivity contribution in [3.63, 3.8) is 0 Å². The lowest BCUT2D eigenvalue weighted by molar-refractivity contribution is 0.0879. The van der Waals surface area contributed by atoms with Crippen LogP contribution in [0.2, 0.25) is 5.02 Å². The Kier molecular flexibility index (Phi) is 2.88.